The molecule has 0 amide bonds. The summed E-state index contributed by atoms with van der Waals surface area (Å²) in [5.41, 5.74) is 2.51. The molecule has 0 radical (unpaired) electrons. The maximum atomic E-state index is 4.47. The van der Waals surface area contributed by atoms with Crippen molar-refractivity contribution in [2.75, 3.05) is 6.54 Å². The third kappa shape index (κ3) is 3.70. The summed E-state index contributed by atoms with van der Waals surface area (Å²) in [7, 11) is 0. The summed E-state index contributed by atoms with van der Waals surface area (Å²) in [6.45, 7) is 6.29. The van der Waals surface area contributed by atoms with Gasteiger partial charge in [-0.15, -0.1) is 0 Å². The number of benzene rings is 1. The van der Waals surface area contributed by atoms with E-state index >= 15 is 0 Å². The zero-order valence-corrected chi connectivity index (χ0v) is 13.8. The molecule has 1 heterocycles. The smallest absolute Gasteiger partial charge is 0.113 e. The second-order valence-corrected chi connectivity index (χ2v) is 5.83. The van der Waals surface area contributed by atoms with E-state index in [1.807, 2.05) is 6.20 Å². The highest BCUT2D eigenvalue weighted by atomic mass is 79.9. The number of nitrogens with one attached hydrogen (secondary N) is 1. The number of aryl methyl sites for hydroxylation is 1. The largest absolute Gasteiger partial charge is 0.313 e. The highest BCUT2D eigenvalue weighted by Gasteiger charge is 2.09. The van der Waals surface area contributed by atoms with Crippen LogP contribution in [0, 0.1) is 0 Å². The van der Waals surface area contributed by atoms with Crippen molar-refractivity contribution in [3.8, 4) is 5.69 Å². The van der Waals surface area contributed by atoms with Crippen molar-refractivity contribution in [1.82, 2.24) is 14.9 Å². The lowest BCUT2D eigenvalue weighted by Gasteiger charge is -2.14. The highest BCUT2D eigenvalue weighted by molar-refractivity contribution is 9.10. The first-order valence-corrected chi connectivity index (χ1v) is 8.07. The van der Waals surface area contributed by atoms with Crippen LogP contribution in [0.25, 0.3) is 5.69 Å². The Morgan fingerprint density at radius 3 is 2.85 bits per heavy atom. The Morgan fingerprint density at radius 2 is 2.10 bits per heavy atom. The Hall–Kier alpha value is -1.13. The van der Waals surface area contributed by atoms with Gasteiger partial charge >= 0.3 is 0 Å². The van der Waals surface area contributed by atoms with Crippen molar-refractivity contribution < 1.29 is 0 Å². The maximum Gasteiger partial charge on any atom is 0.113 e. The molecule has 2 rings (SSSR count). The first-order chi connectivity index (χ1) is 9.76. The topological polar surface area (TPSA) is 29.9 Å². The van der Waals surface area contributed by atoms with E-state index in [1.165, 1.54) is 11.3 Å². The fraction of sp³-hybridized carbons (Fsp3) is 0.438. The minimum atomic E-state index is 0.881. The molecule has 1 aromatic heterocycles. The van der Waals surface area contributed by atoms with Crippen molar-refractivity contribution >= 4 is 15.9 Å². The van der Waals surface area contributed by atoms with Crippen molar-refractivity contribution in [2.45, 2.75) is 39.7 Å². The van der Waals surface area contributed by atoms with Gasteiger partial charge in [-0.05, 0) is 43.1 Å². The fourth-order valence-corrected chi connectivity index (χ4v) is 2.70. The third-order valence-corrected chi connectivity index (χ3v) is 3.73. The van der Waals surface area contributed by atoms with Gasteiger partial charge in [0.05, 0.1) is 5.69 Å². The molecule has 20 heavy (non-hydrogen) atoms. The van der Waals surface area contributed by atoms with Crippen LogP contribution in [0.5, 0.6) is 0 Å². The van der Waals surface area contributed by atoms with Gasteiger partial charge in [0.25, 0.3) is 0 Å². The predicted octanol–water partition coefficient (Wildman–Crippen LogP) is 4.09. The molecule has 3 nitrogen and oxygen atoms in total. The Balaban J connectivity index is 2.31. The number of nitrogens with zero attached hydrogens (tertiary/aromatic N) is 2. The average molecular weight is 336 g/mol. The zero-order valence-electron chi connectivity index (χ0n) is 12.2. The summed E-state index contributed by atoms with van der Waals surface area (Å²) in [5.74, 6) is 1.13. The zero-order chi connectivity index (χ0) is 14.4. The predicted molar refractivity (Wildman–Crippen MR) is 87.3 cm³/mol. The number of imidazole rings is 1. The molecule has 0 aliphatic heterocycles. The molecule has 0 unspecified atom stereocenters. The molecule has 4 heteroatoms. The average Bonchev–Trinajstić information content (AvgIpc) is 2.88. The molecule has 0 saturated heterocycles. The number of hydrogen-bond donors (Lipinski definition) is 1. The van der Waals surface area contributed by atoms with Gasteiger partial charge in [0, 0.05) is 29.8 Å². The Labute approximate surface area is 129 Å². The van der Waals surface area contributed by atoms with E-state index < -0.39 is 0 Å². The summed E-state index contributed by atoms with van der Waals surface area (Å²) in [4.78, 5) is 4.47. The normalized spacial score (nSPS) is 10.9. The van der Waals surface area contributed by atoms with E-state index in [4.69, 9.17) is 0 Å². The maximum absolute atomic E-state index is 4.47. The lowest BCUT2D eigenvalue weighted by atomic mass is 10.1. The van der Waals surface area contributed by atoms with Gasteiger partial charge in [-0.3, -0.25) is 0 Å². The summed E-state index contributed by atoms with van der Waals surface area (Å²) < 4.78 is 3.32. The van der Waals surface area contributed by atoms with Crippen LogP contribution >= 0.6 is 15.9 Å². The van der Waals surface area contributed by atoms with Crippen molar-refractivity contribution in [3.63, 3.8) is 0 Å². The van der Waals surface area contributed by atoms with Crippen LogP contribution in [-0.4, -0.2) is 16.1 Å². The van der Waals surface area contributed by atoms with Crippen LogP contribution in [0.1, 0.15) is 38.1 Å². The Bertz CT molecular complexity index is 548. The van der Waals surface area contributed by atoms with E-state index in [9.17, 15) is 0 Å². The third-order valence-electron chi connectivity index (χ3n) is 3.23. The second-order valence-electron chi connectivity index (χ2n) is 4.91. The van der Waals surface area contributed by atoms with Gasteiger partial charge in [-0.2, -0.15) is 0 Å². The SMILES string of the molecule is CCCNCc1cc(Br)ccc1-n1ccnc1CCC. The molecule has 0 spiro atoms. The lowest BCUT2D eigenvalue weighted by Crippen LogP contribution is -2.16. The van der Waals surface area contributed by atoms with Crippen molar-refractivity contribution in [2.24, 2.45) is 0 Å². The molecule has 2 aromatic rings. The van der Waals surface area contributed by atoms with E-state index in [0.717, 1.165) is 42.6 Å². The summed E-state index contributed by atoms with van der Waals surface area (Å²) >= 11 is 3.57. The summed E-state index contributed by atoms with van der Waals surface area (Å²) in [6, 6.07) is 6.44. The second kappa shape index (κ2) is 7.60. The number of rotatable bonds is 7. The molecule has 0 aliphatic rings. The van der Waals surface area contributed by atoms with Crippen LogP contribution in [0.2, 0.25) is 0 Å². The summed E-state index contributed by atoms with van der Waals surface area (Å²) in [5, 5.41) is 3.48. The highest BCUT2D eigenvalue weighted by Crippen LogP contribution is 2.22. The molecular formula is C16H22BrN3. The van der Waals surface area contributed by atoms with Gasteiger partial charge in [-0.25, -0.2) is 4.98 Å². The van der Waals surface area contributed by atoms with Crippen LogP contribution in [0.3, 0.4) is 0 Å². The van der Waals surface area contributed by atoms with E-state index in [1.54, 1.807) is 0 Å². The summed E-state index contributed by atoms with van der Waals surface area (Å²) in [6.07, 6.45) is 7.20. The van der Waals surface area contributed by atoms with E-state index in [2.05, 4.69) is 69.0 Å². The monoisotopic (exact) mass is 335 g/mol. The molecule has 0 atom stereocenters. The lowest BCUT2D eigenvalue weighted by molar-refractivity contribution is 0.671. The van der Waals surface area contributed by atoms with E-state index in [0.29, 0.717) is 0 Å². The number of hydrogen-bond acceptors (Lipinski definition) is 2. The molecule has 0 bridgehead atoms. The minimum absolute atomic E-state index is 0.881. The molecule has 0 saturated carbocycles. The van der Waals surface area contributed by atoms with Crippen LogP contribution in [0.4, 0.5) is 0 Å². The standard InChI is InChI=1S/C16H22BrN3/c1-3-5-16-19-9-10-20(16)15-7-6-14(17)11-13(15)12-18-8-4-2/h6-7,9-11,18H,3-5,8,12H2,1-2H3. The first kappa shape index (κ1) is 15.3. The molecule has 108 valence electrons. The number of halogens is 1. The molecule has 0 aliphatic carbocycles. The Morgan fingerprint density at radius 1 is 1.25 bits per heavy atom. The number of aromatic nitrogens is 2. The first-order valence-electron chi connectivity index (χ1n) is 7.28. The van der Waals surface area contributed by atoms with Crippen molar-refractivity contribution in [3.05, 3.63) is 46.5 Å². The van der Waals surface area contributed by atoms with Crippen LogP contribution in [-0.2, 0) is 13.0 Å². The van der Waals surface area contributed by atoms with Crippen LogP contribution in [0.15, 0.2) is 35.1 Å². The van der Waals surface area contributed by atoms with Gasteiger partial charge in [0.15, 0.2) is 0 Å². The van der Waals surface area contributed by atoms with Crippen LogP contribution < -0.4 is 5.32 Å². The van der Waals surface area contributed by atoms with Gasteiger partial charge in [0.2, 0.25) is 0 Å². The molecule has 1 N–H and O–H groups in total. The quantitative estimate of drug-likeness (QED) is 0.772. The van der Waals surface area contributed by atoms with Crippen molar-refractivity contribution in [1.29, 1.82) is 0 Å². The molecule has 1 aromatic carbocycles. The Kier molecular flexibility index (Phi) is 5.80. The van der Waals surface area contributed by atoms with E-state index in [-0.39, 0.29) is 0 Å². The molecule has 0 fully saturated rings. The fourth-order valence-electron chi connectivity index (χ4n) is 2.29. The minimum Gasteiger partial charge on any atom is -0.313 e. The van der Waals surface area contributed by atoms with Gasteiger partial charge in [0.1, 0.15) is 5.82 Å². The van der Waals surface area contributed by atoms with Gasteiger partial charge < -0.3 is 9.88 Å². The van der Waals surface area contributed by atoms with Gasteiger partial charge in [-0.1, -0.05) is 29.8 Å². The molecular weight excluding hydrogens is 314 g/mol.